The van der Waals surface area contributed by atoms with E-state index in [4.69, 9.17) is 11.6 Å². The van der Waals surface area contributed by atoms with Crippen LogP contribution in [-0.2, 0) is 6.54 Å². The third-order valence-electron chi connectivity index (χ3n) is 3.29. The molecule has 0 bridgehead atoms. The van der Waals surface area contributed by atoms with Crippen LogP contribution in [-0.4, -0.2) is 19.1 Å². The summed E-state index contributed by atoms with van der Waals surface area (Å²) in [7, 11) is 0. The van der Waals surface area contributed by atoms with Crippen LogP contribution in [0.15, 0.2) is 18.2 Å². The molecule has 108 valence electrons. The molecule has 3 heteroatoms. The van der Waals surface area contributed by atoms with Crippen molar-refractivity contribution in [3.8, 4) is 0 Å². The third kappa shape index (κ3) is 5.04. The first-order valence-corrected chi connectivity index (χ1v) is 7.73. The van der Waals surface area contributed by atoms with Crippen LogP contribution in [0.25, 0.3) is 0 Å². The Morgan fingerprint density at radius 2 is 2.00 bits per heavy atom. The minimum atomic E-state index is 0.467. The summed E-state index contributed by atoms with van der Waals surface area (Å²) >= 11 is 6.38. The molecule has 0 radical (unpaired) electrons. The molecule has 2 nitrogen and oxygen atoms in total. The lowest BCUT2D eigenvalue weighted by molar-refractivity contribution is 0.587. The van der Waals surface area contributed by atoms with Crippen LogP contribution < -0.4 is 10.2 Å². The zero-order valence-electron chi connectivity index (χ0n) is 12.7. The van der Waals surface area contributed by atoms with Crippen molar-refractivity contribution in [2.45, 2.75) is 53.1 Å². The molecule has 0 aliphatic heterocycles. The van der Waals surface area contributed by atoms with Crippen molar-refractivity contribution < 1.29 is 0 Å². The number of hydrogen-bond acceptors (Lipinski definition) is 2. The quantitative estimate of drug-likeness (QED) is 0.757. The predicted octanol–water partition coefficient (Wildman–Crippen LogP) is 4.46. The van der Waals surface area contributed by atoms with E-state index in [9.17, 15) is 0 Å². The highest BCUT2D eigenvalue weighted by Crippen LogP contribution is 2.28. The first-order valence-electron chi connectivity index (χ1n) is 7.35. The lowest BCUT2D eigenvalue weighted by atomic mass is 10.1. The van der Waals surface area contributed by atoms with Gasteiger partial charge in [-0.15, -0.1) is 0 Å². The molecular weight excluding hydrogens is 256 g/mol. The van der Waals surface area contributed by atoms with E-state index in [-0.39, 0.29) is 0 Å². The number of unbranched alkanes of at least 4 members (excludes halogenated alkanes) is 1. The maximum Gasteiger partial charge on any atom is 0.0471 e. The summed E-state index contributed by atoms with van der Waals surface area (Å²) in [5.74, 6) is 0. The van der Waals surface area contributed by atoms with Crippen LogP contribution in [0, 0.1) is 0 Å². The van der Waals surface area contributed by atoms with E-state index in [1.807, 2.05) is 12.1 Å². The number of halogens is 1. The first kappa shape index (κ1) is 16.3. The number of hydrogen-bond donors (Lipinski definition) is 1. The van der Waals surface area contributed by atoms with E-state index in [0.29, 0.717) is 6.04 Å². The second-order valence-corrected chi connectivity index (χ2v) is 5.61. The third-order valence-corrected chi connectivity index (χ3v) is 3.64. The normalized spacial score (nSPS) is 11.1. The molecular formula is C16H27ClN2. The molecule has 0 saturated carbocycles. The van der Waals surface area contributed by atoms with Gasteiger partial charge in [-0.25, -0.2) is 0 Å². The second-order valence-electron chi connectivity index (χ2n) is 5.21. The molecule has 0 fully saturated rings. The van der Waals surface area contributed by atoms with E-state index >= 15 is 0 Å². The fourth-order valence-electron chi connectivity index (χ4n) is 2.12. The highest BCUT2D eigenvalue weighted by Gasteiger charge is 2.12. The molecule has 1 aromatic rings. The van der Waals surface area contributed by atoms with Gasteiger partial charge >= 0.3 is 0 Å². The molecule has 0 unspecified atom stereocenters. The molecule has 1 rings (SSSR count). The van der Waals surface area contributed by atoms with Gasteiger partial charge in [0.1, 0.15) is 0 Å². The molecule has 0 aromatic heterocycles. The monoisotopic (exact) mass is 282 g/mol. The zero-order valence-corrected chi connectivity index (χ0v) is 13.4. The van der Waals surface area contributed by atoms with Crippen molar-refractivity contribution in [1.29, 1.82) is 0 Å². The maximum absolute atomic E-state index is 6.38. The summed E-state index contributed by atoms with van der Waals surface area (Å²) in [5, 5.41) is 4.33. The van der Waals surface area contributed by atoms with Crippen LogP contribution >= 0.6 is 11.6 Å². The van der Waals surface area contributed by atoms with Gasteiger partial charge in [0.15, 0.2) is 0 Å². The highest BCUT2D eigenvalue weighted by atomic mass is 35.5. The molecule has 0 amide bonds. The lowest BCUT2D eigenvalue weighted by Crippen LogP contribution is -2.28. The van der Waals surface area contributed by atoms with Crippen molar-refractivity contribution in [3.63, 3.8) is 0 Å². The Balaban J connectivity index is 2.93. The largest absolute Gasteiger partial charge is 0.372 e. The van der Waals surface area contributed by atoms with Crippen LogP contribution in [0.2, 0.25) is 5.02 Å². The molecule has 1 N–H and O–H groups in total. The topological polar surface area (TPSA) is 15.3 Å². The van der Waals surface area contributed by atoms with Crippen molar-refractivity contribution in [1.82, 2.24) is 5.32 Å². The smallest absolute Gasteiger partial charge is 0.0471 e. The predicted molar refractivity (Wildman–Crippen MR) is 86.2 cm³/mol. The Morgan fingerprint density at radius 1 is 1.26 bits per heavy atom. The van der Waals surface area contributed by atoms with Gasteiger partial charge in [0, 0.05) is 41.9 Å². The Bertz CT molecular complexity index is 377. The molecule has 0 atom stereocenters. The van der Waals surface area contributed by atoms with E-state index in [0.717, 1.165) is 24.7 Å². The van der Waals surface area contributed by atoms with Crippen molar-refractivity contribution >= 4 is 17.3 Å². The number of benzene rings is 1. The Labute approximate surface area is 123 Å². The molecule has 0 heterocycles. The number of rotatable bonds is 8. The van der Waals surface area contributed by atoms with E-state index in [2.05, 4.69) is 44.0 Å². The minimum Gasteiger partial charge on any atom is -0.372 e. The lowest BCUT2D eigenvalue weighted by Gasteiger charge is -2.26. The second kappa shape index (κ2) is 8.44. The van der Waals surface area contributed by atoms with Gasteiger partial charge in [-0.2, -0.15) is 0 Å². The van der Waals surface area contributed by atoms with Crippen LogP contribution in [0.5, 0.6) is 0 Å². The average Bonchev–Trinajstić information content (AvgIpc) is 2.38. The van der Waals surface area contributed by atoms with Crippen molar-refractivity contribution in [3.05, 3.63) is 28.8 Å². The van der Waals surface area contributed by atoms with Gasteiger partial charge in [-0.1, -0.05) is 44.9 Å². The van der Waals surface area contributed by atoms with E-state index in [1.54, 1.807) is 0 Å². The average molecular weight is 283 g/mol. The van der Waals surface area contributed by atoms with Gasteiger partial charge in [0.05, 0.1) is 0 Å². The first-order chi connectivity index (χ1) is 9.10. The van der Waals surface area contributed by atoms with Crippen LogP contribution in [0.1, 0.15) is 46.1 Å². The molecule has 19 heavy (non-hydrogen) atoms. The summed E-state index contributed by atoms with van der Waals surface area (Å²) < 4.78 is 0. The Hall–Kier alpha value is -0.730. The SMILES string of the molecule is CCCCN(CC)c1cccc(Cl)c1CNC(C)C. The summed E-state index contributed by atoms with van der Waals surface area (Å²) in [4.78, 5) is 2.42. The van der Waals surface area contributed by atoms with Crippen LogP contribution in [0.3, 0.4) is 0 Å². The van der Waals surface area contributed by atoms with E-state index < -0.39 is 0 Å². The summed E-state index contributed by atoms with van der Waals surface area (Å²) in [5.41, 5.74) is 2.49. The highest BCUT2D eigenvalue weighted by molar-refractivity contribution is 6.31. The molecule has 0 saturated heterocycles. The van der Waals surface area contributed by atoms with E-state index in [1.165, 1.54) is 24.1 Å². The summed E-state index contributed by atoms with van der Waals surface area (Å²) in [6.07, 6.45) is 2.44. The number of anilines is 1. The van der Waals surface area contributed by atoms with Gasteiger partial charge in [0.2, 0.25) is 0 Å². The number of nitrogens with one attached hydrogen (secondary N) is 1. The standard InChI is InChI=1S/C16H27ClN2/c1-5-7-11-19(6-2)16-10-8-9-15(17)14(16)12-18-13(3)4/h8-10,13,18H,5-7,11-12H2,1-4H3. The summed E-state index contributed by atoms with van der Waals surface area (Å²) in [6, 6.07) is 6.68. The van der Waals surface area contributed by atoms with Crippen LogP contribution in [0.4, 0.5) is 5.69 Å². The molecule has 1 aromatic carbocycles. The van der Waals surface area contributed by atoms with Gasteiger partial charge in [0.25, 0.3) is 0 Å². The fourth-order valence-corrected chi connectivity index (χ4v) is 2.36. The fraction of sp³-hybridized carbons (Fsp3) is 0.625. The Kier molecular flexibility index (Phi) is 7.25. The zero-order chi connectivity index (χ0) is 14.3. The minimum absolute atomic E-state index is 0.467. The Morgan fingerprint density at radius 3 is 2.58 bits per heavy atom. The molecule has 0 aliphatic rings. The van der Waals surface area contributed by atoms with Gasteiger partial charge in [-0.3, -0.25) is 0 Å². The number of nitrogens with zero attached hydrogens (tertiary/aromatic N) is 1. The van der Waals surface area contributed by atoms with Gasteiger partial charge in [-0.05, 0) is 25.5 Å². The van der Waals surface area contributed by atoms with Gasteiger partial charge < -0.3 is 10.2 Å². The molecule has 0 aliphatic carbocycles. The van der Waals surface area contributed by atoms with Crippen molar-refractivity contribution in [2.75, 3.05) is 18.0 Å². The van der Waals surface area contributed by atoms with Crippen molar-refractivity contribution in [2.24, 2.45) is 0 Å². The maximum atomic E-state index is 6.38. The summed E-state index contributed by atoms with van der Waals surface area (Å²) in [6.45, 7) is 11.7. The molecule has 0 spiro atoms.